The number of aromatic nitrogens is 1. The van der Waals surface area contributed by atoms with Crippen molar-refractivity contribution in [2.24, 2.45) is 11.7 Å². The van der Waals surface area contributed by atoms with Gasteiger partial charge in [0.25, 0.3) is 0 Å². The molecule has 0 unspecified atom stereocenters. The van der Waals surface area contributed by atoms with Crippen molar-refractivity contribution in [3.05, 3.63) is 52.8 Å². The van der Waals surface area contributed by atoms with Gasteiger partial charge in [-0.25, -0.2) is 0 Å². The quantitative estimate of drug-likeness (QED) is 0.724. The third-order valence-electron chi connectivity index (χ3n) is 5.11. The number of hydrogen-bond donors (Lipinski definition) is 2. The fourth-order valence-corrected chi connectivity index (χ4v) is 3.76. The summed E-state index contributed by atoms with van der Waals surface area (Å²) in [5.74, 6) is -1.37. The van der Waals surface area contributed by atoms with Gasteiger partial charge in [-0.15, -0.1) is 0 Å². The van der Waals surface area contributed by atoms with Gasteiger partial charge >= 0.3 is 11.8 Å². The van der Waals surface area contributed by atoms with Gasteiger partial charge in [-0.05, 0) is 42.5 Å². The Hall–Kier alpha value is -3.13. The molecule has 1 saturated heterocycles. The minimum absolute atomic E-state index is 0.137. The molecule has 3 N–H and O–H groups in total. The Bertz CT molecular complexity index is 981. The maximum absolute atomic E-state index is 13.0. The highest BCUT2D eigenvalue weighted by atomic mass is 35.5. The van der Waals surface area contributed by atoms with Crippen molar-refractivity contribution in [3.63, 3.8) is 0 Å². The average Bonchev–Trinajstić information content (AvgIpc) is 2.73. The fraction of sp³-hybridized carbons (Fsp3) is 0.333. The minimum atomic E-state index is -0.807. The largest absolute Gasteiger partial charge is 0.495 e. The van der Waals surface area contributed by atoms with E-state index in [2.05, 4.69) is 10.3 Å². The predicted octanol–water partition coefficient (Wildman–Crippen LogP) is 2.78. The second-order valence-corrected chi connectivity index (χ2v) is 7.74. The van der Waals surface area contributed by atoms with E-state index in [0.29, 0.717) is 23.7 Å². The molecule has 0 bridgehead atoms. The van der Waals surface area contributed by atoms with E-state index in [4.69, 9.17) is 22.1 Å². The van der Waals surface area contributed by atoms with Crippen molar-refractivity contribution in [2.75, 3.05) is 19.0 Å². The van der Waals surface area contributed by atoms with Gasteiger partial charge in [-0.1, -0.05) is 24.6 Å². The highest BCUT2D eigenvalue weighted by molar-refractivity contribution is 6.39. The molecule has 8 nitrogen and oxygen atoms in total. The van der Waals surface area contributed by atoms with Crippen molar-refractivity contribution < 1.29 is 19.1 Å². The zero-order valence-electron chi connectivity index (χ0n) is 16.7. The van der Waals surface area contributed by atoms with Crippen LogP contribution in [0.4, 0.5) is 5.69 Å². The first-order chi connectivity index (χ1) is 14.3. The Kier molecular flexibility index (Phi) is 6.56. The highest BCUT2D eigenvalue weighted by Crippen LogP contribution is 2.36. The number of pyridine rings is 1. The number of primary amides is 1. The summed E-state index contributed by atoms with van der Waals surface area (Å²) in [6.07, 6.45) is 4.27. The topological polar surface area (TPSA) is 115 Å². The van der Waals surface area contributed by atoms with Gasteiger partial charge in [0, 0.05) is 12.7 Å². The van der Waals surface area contributed by atoms with Crippen LogP contribution < -0.4 is 15.8 Å². The summed E-state index contributed by atoms with van der Waals surface area (Å²) in [4.78, 5) is 42.4. The Labute approximate surface area is 179 Å². The molecule has 1 aromatic carbocycles. The van der Waals surface area contributed by atoms with Crippen LogP contribution in [0.15, 0.2) is 36.7 Å². The number of rotatable bonds is 4. The summed E-state index contributed by atoms with van der Waals surface area (Å²) in [6.45, 7) is 2.48. The van der Waals surface area contributed by atoms with Gasteiger partial charge in [0.05, 0.1) is 35.6 Å². The number of hydrogen-bond acceptors (Lipinski definition) is 5. The average molecular weight is 431 g/mol. The van der Waals surface area contributed by atoms with Gasteiger partial charge in [-0.3, -0.25) is 19.4 Å². The first-order valence-corrected chi connectivity index (χ1v) is 9.88. The molecular formula is C21H23ClN4O4. The Balaban J connectivity index is 1.83. The lowest BCUT2D eigenvalue weighted by Crippen LogP contribution is -2.46. The van der Waals surface area contributed by atoms with Crippen LogP contribution in [-0.2, 0) is 9.59 Å². The van der Waals surface area contributed by atoms with Crippen LogP contribution in [0.25, 0.3) is 0 Å². The number of anilines is 1. The molecule has 1 fully saturated rings. The fourth-order valence-electron chi connectivity index (χ4n) is 3.57. The number of carbonyl (C=O) groups is 3. The number of ether oxygens (including phenoxy) is 1. The summed E-state index contributed by atoms with van der Waals surface area (Å²) >= 11 is 6.12. The summed E-state index contributed by atoms with van der Waals surface area (Å²) in [5.41, 5.74) is 6.44. The number of nitrogens with one attached hydrogen (secondary N) is 1. The Morgan fingerprint density at radius 1 is 1.23 bits per heavy atom. The number of carbonyl (C=O) groups excluding carboxylic acids is 3. The molecule has 1 aliphatic heterocycles. The standard InChI is InChI=1S/C21H23ClN4O4/c1-12-3-6-17(13-4-5-16(22)18(8-13)30-2)26(11-12)21(29)20(28)25-15-7-14(19(23)27)9-24-10-15/h4-5,7-10,12,17H,3,6,11H2,1-2H3,(H2,23,27)(H,25,28)/t12-,17+/m0/s1. The lowest BCUT2D eigenvalue weighted by Gasteiger charge is -2.38. The van der Waals surface area contributed by atoms with E-state index in [1.165, 1.54) is 25.6 Å². The van der Waals surface area contributed by atoms with E-state index < -0.39 is 17.7 Å². The first-order valence-electron chi connectivity index (χ1n) is 9.50. The van der Waals surface area contributed by atoms with Crippen LogP contribution >= 0.6 is 11.6 Å². The molecule has 3 rings (SSSR count). The molecular weight excluding hydrogens is 408 g/mol. The van der Waals surface area contributed by atoms with Gasteiger partial charge in [-0.2, -0.15) is 0 Å². The number of nitrogens with two attached hydrogens (primary N) is 1. The predicted molar refractivity (Wildman–Crippen MR) is 112 cm³/mol. The second-order valence-electron chi connectivity index (χ2n) is 7.33. The molecule has 30 heavy (non-hydrogen) atoms. The van der Waals surface area contributed by atoms with Crippen LogP contribution in [0.1, 0.15) is 41.7 Å². The number of benzene rings is 1. The van der Waals surface area contributed by atoms with E-state index in [-0.39, 0.29) is 23.2 Å². The van der Waals surface area contributed by atoms with Crippen molar-refractivity contribution >= 4 is 35.0 Å². The Morgan fingerprint density at radius 3 is 2.70 bits per heavy atom. The van der Waals surface area contributed by atoms with E-state index in [0.717, 1.165) is 12.0 Å². The van der Waals surface area contributed by atoms with Crippen molar-refractivity contribution in [1.82, 2.24) is 9.88 Å². The summed E-state index contributed by atoms with van der Waals surface area (Å²) < 4.78 is 5.29. The summed E-state index contributed by atoms with van der Waals surface area (Å²) in [6, 6.07) is 6.45. The summed E-state index contributed by atoms with van der Waals surface area (Å²) in [7, 11) is 1.53. The van der Waals surface area contributed by atoms with Crippen LogP contribution in [0.2, 0.25) is 5.02 Å². The summed E-state index contributed by atoms with van der Waals surface area (Å²) in [5, 5.41) is 2.98. The van der Waals surface area contributed by atoms with Crippen molar-refractivity contribution in [1.29, 1.82) is 0 Å². The zero-order chi connectivity index (χ0) is 21.8. The van der Waals surface area contributed by atoms with Crippen LogP contribution in [0.3, 0.4) is 0 Å². The lowest BCUT2D eigenvalue weighted by atomic mass is 9.89. The lowest BCUT2D eigenvalue weighted by molar-refractivity contribution is -0.146. The van der Waals surface area contributed by atoms with E-state index in [9.17, 15) is 14.4 Å². The minimum Gasteiger partial charge on any atom is -0.495 e. The number of piperidine rings is 1. The molecule has 2 atom stereocenters. The van der Waals surface area contributed by atoms with Gasteiger partial charge < -0.3 is 20.7 Å². The van der Waals surface area contributed by atoms with Crippen LogP contribution in [-0.4, -0.2) is 41.3 Å². The smallest absolute Gasteiger partial charge is 0.313 e. The third-order valence-corrected chi connectivity index (χ3v) is 5.43. The van der Waals surface area contributed by atoms with E-state index in [1.54, 1.807) is 17.0 Å². The maximum atomic E-state index is 13.0. The van der Waals surface area contributed by atoms with E-state index >= 15 is 0 Å². The molecule has 158 valence electrons. The second kappa shape index (κ2) is 9.13. The van der Waals surface area contributed by atoms with Crippen LogP contribution in [0, 0.1) is 5.92 Å². The molecule has 2 heterocycles. The molecule has 3 amide bonds. The van der Waals surface area contributed by atoms with Gasteiger partial charge in [0.2, 0.25) is 5.91 Å². The number of amides is 3. The maximum Gasteiger partial charge on any atom is 0.313 e. The molecule has 1 aromatic heterocycles. The zero-order valence-corrected chi connectivity index (χ0v) is 17.5. The molecule has 1 aliphatic rings. The molecule has 0 saturated carbocycles. The number of halogens is 1. The number of nitrogens with zero attached hydrogens (tertiary/aromatic N) is 2. The van der Waals surface area contributed by atoms with Crippen LogP contribution in [0.5, 0.6) is 5.75 Å². The van der Waals surface area contributed by atoms with Gasteiger partial charge in [0.15, 0.2) is 0 Å². The molecule has 0 aliphatic carbocycles. The van der Waals surface area contributed by atoms with Crippen molar-refractivity contribution in [2.45, 2.75) is 25.8 Å². The van der Waals surface area contributed by atoms with Gasteiger partial charge in [0.1, 0.15) is 5.75 Å². The number of likely N-dealkylation sites (tertiary alicyclic amines) is 1. The monoisotopic (exact) mass is 430 g/mol. The normalized spacial score (nSPS) is 18.6. The SMILES string of the molecule is COc1cc([C@H]2CC[C@H](C)CN2C(=O)C(=O)Nc2cncc(C(N)=O)c2)ccc1Cl. The Morgan fingerprint density at radius 2 is 2.00 bits per heavy atom. The molecule has 0 radical (unpaired) electrons. The molecule has 9 heteroatoms. The molecule has 0 spiro atoms. The third kappa shape index (κ3) is 4.71. The van der Waals surface area contributed by atoms with E-state index in [1.807, 2.05) is 13.0 Å². The highest BCUT2D eigenvalue weighted by Gasteiger charge is 2.34. The number of methoxy groups -OCH3 is 1. The molecule has 2 aromatic rings. The van der Waals surface area contributed by atoms with Crippen molar-refractivity contribution in [3.8, 4) is 5.75 Å². The first kappa shape index (κ1) is 21.6.